The first kappa shape index (κ1) is 8.55. The summed E-state index contributed by atoms with van der Waals surface area (Å²) in [5.74, 6) is 0.545. The van der Waals surface area contributed by atoms with E-state index in [4.69, 9.17) is 4.74 Å². The number of carbonyl (C=O) groups is 1. The molecular formula is C6H7NO2S2. The largest absolute Gasteiger partial charge is 0.417 e. The van der Waals surface area contributed by atoms with Gasteiger partial charge >= 0.3 is 5.30 Å². The van der Waals surface area contributed by atoms with Crippen LogP contribution in [0.1, 0.15) is 0 Å². The van der Waals surface area contributed by atoms with Crippen molar-refractivity contribution in [2.45, 2.75) is 0 Å². The van der Waals surface area contributed by atoms with Crippen LogP contribution in [-0.4, -0.2) is 11.6 Å². The predicted octanol–water partition coefficient (Wildman–Crippen LogP) is 2.09. The van der Waals surface area contributed by atoms with Gasteiger partial charge in [-0.1, -0.05) is 0 Å². The van der Waals surface area contributed by atoms with Gasteiger partial charge in [-0.25, -0.2) is 4.79 Å². The summed E-state index contributed by atoms with van der Waals surface area (Å²) in [6, 6.07) is 0. The van der Waals surface area contributed by atoms with Gasteiger partial charge in [0.25, 0.3) is 0 Å². The summed E-state index contributed by atoms with van der Waals surface area (Å²) in [7, 11) is 0. The fourth-order valence-electron chi connectivity index (χ4n) is 0.482. The molecule has 1 N–H and O–H groups in total. The SMILES string of the molecule is CSC(=O)OC1=CNSC=C1. The highest BCUT2D eigenvalue weighted by Gasteiger charge is 2.03. The number of ether oxygens (including phenoxy) is 1. The van der Waals surface area contributed by atoms with Gasteiger partial charge in [0.1, 0.15) is 5.76 Å². The lowest BCUT2D eigenvalue weighted by Gasteiger charge is -2.06. The van der Waals surface area contributed by atoms with E-state index in [0.29, 0.717) is 5.76 Å². The lowest BCUT2D eigenvalue weighted by molar-refractivity contribution is 0.207. The molecule has 0 saturated heterocycles. The van der Waals surface area contributed by atoms with Crippen molar-refractivity contribution in [1.82, 2.24) is 4.72 Å². The minimum absolute atomic E-state index is 0.297. The second-order valence-corrected chi connectivity index (χ2v) is 3.13. The van der Waals surface area contributed by atoms with Crippen molar-refractivity contribution in [2.24, 2.45) is 0 Å². The van der Waals surface area contributed by atoms with E-state index in [9.17, 15) is 4.79 Å². The van der Waals surface area contributed by atoms with Gasteiger partial charge in [0.05, 0.1) is 6.20 Å². The predicted molar refractivity (Wildman–Crippen MR) is 47.9 cm³/mol. The van der Waals surface area contributed by atoms with Crippen molar-refractivity contribution < 1.29 is 9.53 Å². The maximum Gasteiger partial charge on any atom is 0.372 e. The summed E-state index contributed by atoms with van der Waals surface area (Å²) in [5.41, 5.74) is 0. The average Bonchev–Trinajstić information content (AvgIpc) is 2.06. The second kappa shape index (κ2) is 4.35. The molecule has 5 heteroatoms. The van der Waals surface area contributed by atoms with Crippen molar-refractivity contribution in [1.29, 1.82) is 0 Å². The Labute approximate surface area is 73.4 Å². The first-order valence-electron chi connectivity index (χ1n) is 2.86. The molecule has 1 rings (SSSR count). The summed E-state index contributed by atoms with van der Waals surface area (Å²) in [5, 5.41) is 1.51. The number of hydrogen-bond acceptors (Lipinski definition) is 5. The molecular weight excluding hydrogens is 182 g/mol. The molecule has 0 saturated carbocycles. The molecule has 1 aliphatic rings. The molecule has 0 atom stereocenters. The normalized spacial score (nSPS) is 15.2. The van der Waals surface area contributed by atoms with Crippen LogP contribution < -0.4 is 4.72 Å². The monoisotopic (exact) mass is 189 g/mol. The van der Waals surface area contributed by atoms with Gasteiger partial charge in [-0.05, 0) is 41.4 Å². The summed E-state index contributed by atoms with van der Waals surface area (Å²) >= 11 is 2.48. The molecule has 0 unspecified atom stereocenters. The van der Waals surface area contributed by atoms with Crippen LogP contribution in [0, 0.1) is 0 Å². The highest BCUT2D eigenvalue weighted by atomic mass is 32.2. The van der Waals surface area contributed by atoms with E-state index in [-0.39, 0.29) is 5.30 Å². The molecule has 0 amide bonds. The van der Waals surface area contributed by atoms with E-state index in [1.165, 1.54) is 11.9 Å². The fraction of sp³-hybridized carbons (Fsp3) is 0.167. The summed E-state index contributed by atoms with van der Waals surface area (Å²) in [6.45, 7) is 0. The molecule has 0 aromatic heterocycles. The van der Waals surface area contributed by atoms with Crippen LogP contribution in [0.2, 0.25) is 0 Å². The third kappa shape index (κ3) is 2.90. The second-order valence-electron chi connectivity index (χ2n) is 1.64. The number of hydrogen-bond donors (Lipinski definition) is 1. The Morgan fingerprint density at radius 1 is 1.82 bits per heavy atom. The minimum atomic E-state index is -0.297. The molecule has 3 nitrogen and oxygen atoms in total. The van der Waals surface area contributed by atoms with Gasteiger partial charge in [-0.2, -0.15) is 0 Å². The van der Waals surface area contributed by atoms with Crippen molar-refractivity contribution in [3.05, 3.63) is 23.4 Å². The molecule has 0 aliphatic carbocycles. The smallest absolute Gasteiger partial charge is 0.372 e. The summed E-state index contributed by atoms with van der Waals surface area (Å²) in [4.78, 5) is 10.7. The van der Waals surface area contributed by atoms with E-state index in [2.05, 4.69) is 4.72 Å². The first-order chi connectivity index (χ1) is 5.33. The Kier molecular flexibility index (Phi) is 3.38. The van der Waals surface area contributed by atoms with Crippen LogP contribution in [0.5, 0.6) is 0 Å². The molecule has 60 valence electrons. The van der Waals surface area contributed by atoms with E-state index in [1.54, 1.807) is 18.5 Å². The Bertz CT molecular complexity index is 213. The van der Waals surface area contributed by atoms with Gasteiger partial charge in [-0.3, -0.25) is 0 Å². The van der Waals surface area contributed by atoms with Crippen molar-refractivity contribution in [3.8, 4) is 0 Å². The first-order valence-corrected chi connectivity index (χ1v) is 4.97. The third-order valence-electron chi connectivity index (χ3n) is 0.937. The van der Waals surface area contributed by atoms with Gasteiger partial charge in [0.15, 0.2) is 0 Å². The summed E-state index contributed by atoms with van der Waals surface area (Å²) < 4.78 is 7.71. The summed E-state index contributed by atoms with van der Waals surface area (Å²) in [6.07, 6.45) is 5.05. The molecule has 1 aliphatic heterocycles. The zero-order valence-electron chi connectivity index (χ0n) is 5.87. The molecule has 0 aromatic carbocycles. The highest BCUT2D eigenvalue weighted by molar-refractivity contribution is 8.12. The van der Waals surface area contributed by atoms with Crippen LogP contribution in [-0.2, 0) is 4.74 Å². The number of rotatable bonds is 1. The van der Waals surface area contributed by atoms with Crippen LogP contribution in [0.25, 0.3) is 0 Å². The molecule has 1 heterocycles. The lowest BCUT2D eigenvalue weighted by Crippen LogP contribution is -2.02. The van der Waals surface area contributed by atoms with Crippen LogP contribution in [0.15, 0.2) is 23.4 Å². The third-order valence-corrected chi connectivity index (χ3v) is 1.88. The Balaban J connectivity index is 2.42. The topological polar surface area (TPSA) is 38.3 Å². The molecule has 0 bridgehead atoms. The average molecular weight is 189 g/mol. The van der Waals surface area contributed by atoms with Gasteiger partial charge in [-0.15, -0.1) is 0 Å². The van der Waals surface area contributed by atoms with Gasteiger partial charge in [0.2, 0.25) is 0 Å². The van der Waals surface area contributed by atoms with Crippen LogP contribution >= 0.6 is 23.7 Å². The number of nitrogens with one attached hydrogen (secondary N) is 1. The van der Waals surface area contributed by atoms with Gasteiger partial charge < -0.3 is 9.46 Å². The number of allylic oxidation sites excluding steroid dienone is 1. The maximum absolute atomic E-state index is 10.7. The number of thioether (sulfide) groups is 1. The fourth-order valence-corrected chi connectivity index (χ4v) is 1.13. The standard InChI is InChI=1S/C6H7NO2S2/c1-10-6(8)9-5-2-3-11-7-4-5/h2-4,7H,1H3. The Hall–Kier alpha value is -0.550. The molecule has 11 heavy (non-hydrogen) atoms. The van der Waals surface area contributed by atoms with Crippen LogP contribution in [0.3, 0.4) is 0 Å². The molecule has 0 aromatic rings. The van der Waals surface area contributed by atoms with Crippen molar-refractivity contribution >= 4 is 29.0 Å². The Morgan fingerprint density at radius 3 is 3.18 bits per heavy atom. The van der Waals surface area contributed by atoms with E-state index in [0.717, 1.165) is 11.8 Å². The molecule has 0 radical (unpaired) electrons. The van der Waals surface area contributed by atoms with Crippen molar-refractivity contribution in [3.63, 3.8) is 0 Å². The van der Waals surface area contributed by atoms with Crippen molar-refractivity contribution in [2.75, 3.05) is 6.26 Å². The Morgan fingerprint density at radius 2 is 2.64 bits per heavy atom. The quantitative estimate of drug-likeness (QED) is 0.505. The lowest BCUT2D eigenvalue weighted by atomic mass is 10.5. The van der Waals surface area contributed by atoms with E-state index in [1.807, 2.05) is 5.41 Å². The highest BCUT2D eigenvalue weighted by Crippen LogP contribution is 2.12. The van der Waals surface area contributed by atoms with E-state index < -0.39 is 0 Å². The molecule has 0 spiro atoms. The van der Waals surface area contributed by atoms with Gasteiger partial charge in [0, 0.05) is 0 Å². The minimum Gasteiger partial charge on any atom is -0.417 e. The van der Waals surface area contributed by atoms with Crippen LogP contribution in [0.4, 0.5) is 4.79 Å². The zero-order chi connectivity index (χ0) is 8.10. The maximum atomic E-state index is 10.7. The van der Waals surface area contributed by atoms with E-state index >= 15 is 0 Å². The number of carbonyl (C=O) groups excluding carboxylic acids is 1. The zero-order valence-corrected chi connectivity index (χ0v) is 7.50. The molecule has 0 fully saturated rings.